The van der Waals surface area contributed by atoms with Crippen LogP contribution in [0.4, 0.5) is 4.39 Å². The highest BCUT2D eigenvalue weighted by Gasteiger charge is 2.23. The third-order valence-electron chi connectivity index (χ3n) is 6.34. The molecule has 0 heterocycles. The van der Waals surface area contributed by atoms with Gasteiger partial charge in [-0.25, -0.2) is 4.39 Å². The van der Waals surface area contributed by atoms with Crippen LogP contribution < -0.4 is 0 Å². The molecule has 162 valence electrons. The molecule has 2 nitrogen and oxygen atoms in total. The van der Waals surface area contributed by atoms with Crippen molar-refractivity contribution in [2.75, 3.05) is 6.61 Å². The van der Waals surface area contributed by atoms with E-state index in [0.717, 1.165) is 43.4 Å². The Bertz CT molecular complexity index is 804. The van der Waals surface area contributed by atoms with Gasteiger partial charge in [-0.05, 0) is 62.1 Å². The van der Waals surface area contributed by atoms with Gasteiger partial charge in [0, 0.05) is 17.7 Å². The molecule has 0 atom stereocenters. The molecule has 0 bridgehead atoms. The molecule has 0 saturated heterocycles. The fourth-order valence-electron chi connectivity index (χ4n) is 4.42. The van der Waals surface area contributed by atoms with Crippen LogP contribution in [0.1, 0.15) is 93.5 Å². The maximum atomic E-state index is 14.8. The van der Waals surface area contributed by atoms with Crippen LogP contribution in [0.15, 0.2) is 42.5 Å². The molecule has 1 saturated carbocycles. The first-order valence-electron chi connectivity index (χ1n) is 11.6. The summed E-state index contributed by atoms with van der Waals surface area (Å²) < 4.78 is 20.9. The van der Waals surface area contributed by atoms with Crippen molar-refractivity contribution in [3.63, 3.8) is 0 Å². The minimum absolute atomic E-state index is 0.0217. The van der Waals surface area contributed by atoms with Gasteiger partial charge in [0.05, 0.1) is 6.10 Å². The van der Waals surface area contributed by atoms with Crippen LogP contribution in [0.2, 0.25) is 0 Å². The van der Waals surface area contributed by atoms with E-state index in [4.69, 9.17) is 4.74 Å². The number of halogens is 1. The number of hydrogen-bond acceptors (Lipinski definition) is 2. The molecule has 0 amide bonds. The van der Waals surface area contributed by atoms with E-state index in [1.165, 1.54) is 39.0 Å². The lowest BCUT2D eigenvalue weighted by atomic mass is 9.82. The largest absolute Gasteiger partial charge is 0.378 e. The molecule has 0 aliphatic heterocycles. The van der Waals surface area contributed by atoms with Crippen molar-refractivity contribution >= 4 is 5.78 Å². The van der Waals surface area contributed by atoms with Crippen LogP contribution >= 0.6 is 0 Å². The van der Waals surface area contributed by atoms with Crippen molar-refractivity contribution in [1.29, 1.82) is 0 Å². The van der Waals surface area contributed by atoms with E-state index in [9.17, 15) is 9.18 Å². The standard InChI is InChI=1S/C27H35FO2/c1-3-4-5-6-7-18-30-25-15-12-22(13-16-25)24-14-17-26(27(28)19-24)23-10-8-21(9-11-23)20(2)29/h8-11,14,17,19,22,25H,3-7,12-13,15-16,18H2,1-2H3/t22-,25-. The number of ether oxygens (including phenoxy) is 1. The van der Waals surface area contributed by atoms with Gasteiger partial charge in [0.1, 0.15) is 5.82 Å². The van der Waals surface area contributed by atoms with Gasteiger partial charge < -0.3 is 4.74 Å². The quantitative estimate of drug-likeness (QED) is 0.296. The summed E-state index contributed by atoms with van der Waals surface area (Å²) in [4.78, 5) is 11.4. The Morgan fingerprint density at radius 3 is 2.30 bits per heavy atom. The maximum absolute atomic E-state index is 14.8. The Balaban J connectivity index is 1.50. The lowest BCUT2D eigenvalue weighted by Gasteiger charge is -2.29. The van der Waals surface area contributed by atoms with E-state index in [1.54, 1.807) is 18.2 Å². The van der Waals surface area contributed by atoms with Crippen LogP contribution in [-0.4, -0.2) is 18.5 Å². The molecular weight excluding hydrogens is 375 g/mol. The summed E-state index contributed by atoms with van der Waals surface area (Å²) in [6.07, 6.45) is 11.0. The van der Waals surface area contributed by atoms with Crippen LogP contribution in [0.5, 0.6) is 0 Å². The maximum Gasteiger partial charge on any atom is 0.159 e. The molecule has 2 aromatic carbocycles. The third-order valence-corrected chi connectivity index (χ3v) is 6.34. The Morgan fingerprint density at radius 2 is 1.67 bits per heavy atom. The monoisotopic (exact) mass is 410 g/mol. The number of rotatable bonds is 10. The fourth-order valence-corrected chi connectivity index (χ4v) is 4.42. The van der Waals surface area contributed by atoms with Crippen molar-refractivity contribution in [3.8, 4) is 11.1 Å². The molecule has 3 rings (SSSR count). The summed E-state index contributed by atoms with van der Waals surface area (Å²) in [6.45, 7) is 4.66. The molecular formula is C27H35FO2. The van der Waals surface area contributed by atoms with Crippen LogP contribution in [0.25, 0.3) is 11.1 Å². The number of ketones is 1. The average molecular weight is 411 g/mol. The summed E-state index contributed by atoms with van der Waals surface area (Å²) in [5.74, 6) is 0.250. The summed E-state index contributed by atoms with van der Waals surface area (Å²) in [7, 11) is 0. The summed E-state index contributed by atoms with van der Waals surface area (Å²) in [5.41, 5.74) is 3.14. The van der Waals surface area contributed by atoms with Crippen molar-refractivity contribution < 1.29 is 13.9 Å². The highest BCUT2D eigenvalue weighted by Crippen LogP contribution is 2.36. The minimum Gasteiger partial charge on any atom is -0.378 e. The predicted octanol–water partition coefficient (Wildman–Crippen LogP) is 7.71. The first kappa shape index (κ1) is 22.7. The third kappa shape index (κ3) is 6.25. The molecule has 30 heavy (non-hydrogen) atoms. The minimum atomic E-state index is -0.187. The van der Waals surface area contributed by atoms with E-state index in [-0.39, 0.29) is 11.6 Å². The molecule has 0 spiro atoms. The molecule has 0 aromatic heterocycles. The van der Waals surface area contributed by atoms with Gasteiger partial charge in [0.2, 0.25) is 0 Å². The van der Waals surface area contributed by atoms with Gasteiger partial charge in [0.15, 0.2) is 5.78 Å². The zero-order valence-corrected chi connectivity index (χ0v) is 18.5. The number of benzene rings is 2. The molecule has 3 heteroatoms. The van der Waals surface area contributed by atoms with E-state index in [1.807, 2.05) is 18.2 Å². The molecule has 1 fully saturated rings. The van der Waals surface area contributed by atoms with Gasteiger partial charge >= 0.3 is 0 Å². The number of hydrogen-bond donors (Lipinski definition) is 0. The molecule has 0 N–H and O–H groups in total. The Labute approximate surface area is 180 Å². The predicted molar refractivity (Wildman–Crippen MR) is 122 cm³/mol. The van der Waals surface area contributed by atoms with Gasteiger partial charge in [-0.3, -0.25) is 4.79 Å². The lowest BCUT2D eigenvalue weighted by molar-refractivity contribution is 0.0226. The number of Topliss-reactive ketones (excluding diaryl/α,β-unsaturated/α-hetero) is 1. The fraction of sp³-hybridized carbons (Fsp3) is 0.519. The second-order valence-corrected chi connectivity index (χ2v) is 8.63. The van der Waals surface area contributed by atoms with Gasteiger partial charge in [0.25, 0.3) is 0 Å². The van der Waals surface area contributed by atoms with Gasteiger partial charge in [-0.15, -0.1) is 0 Å². The van der Waals surface area contributed by atoms with Gasteiger partial charge in [-0.1, -0.05) is 69.0 Å². The summed E-state index contributed by atoms with van der Waals surface area (Å²) >= 11 is 0. The Morgan fingerprint density at radius 1 is 0.967 bits per heavy atom. The SMILES string of the molecule is CCCCCCCO[C@H]1CC[C@H](c2ccc(-c3ccc(C(C)=O)cc3)c(F)c2)CC1. The highest BCUT2D eigenvalue weighted by atomic mass is 19.1. The highest BCUT2D eigenvalue weighted by molar-refractivity contribution is 5.94. The average Bonchev–Trinajstić information content (AvgIpc) is 2.76. The first-order chi connectivity index (χ1) is 14.6. The summed E-state index contributed by atoms with van der Waals surface area (Å²) in [5, 5.41) is 0. The van der Waals surface area contributed by atoms with Crippen LogP contribution in [0.3, 0.4) is 0 Å². The van der Waals surface area contributed by atoms with Gasteiger partial charge in [-0.2, -0.15) is 0 Å². The van der Waals surface area contributed by atoms with Crippen molar-refractivity contribution in [1.82, 2.24) is 0 Å². The number of carbonyl (C=O) groups excluding carboxylic acids is 1. The second-order valence-electron chi connectivity index (χ2n) is 8.63. The topological polar surface area (TPSA) is 26.3 Å². The summed E-state index contributed by atoms with van der Waals surface area (Å²) in [6, 6.07) is 12.8. The molecule has 1 aliphatic carbocycles. The van der Waals surface area contributed by atoms with E-state index < -0.39 is 0 Å². The zero-order chi connectivity index (χ0) is 21.3. The number of unbranched alkanes of at least 4 members (excludes halogenated alkanes) is 4. The molecule has 0 unspecified atom stereocenters. The zero-order valence-electron chi connectivity index (χ0n) is 18.5. The Hall–Kier alpha value is -2.00. The first-order valence-corrected chi connectivity index (χ1v) is 11.6. The smallest absolute Gasteiger partial charge is 0.159 e. The molecule has 0 radical (unpaired) electrons. The lowest BCUT2D eigenvalue weighted by Crippen LogP contribution is -2.21. The Kier molecular flexibility index (Phi) is 8.62. The molecule has 1 aliphatic rings. The van der Waals surface area contributed by atoms with Crippen molar-refractivity contribution in [3.05, 3.63) is 59.4 Å². The van der Waals surface area contributed by atoms with Crippen molar-refractivity contribution in [2.45, 2.75) is 83.7 Å². The van der Waals surface area contributed by atoms with Crippen LogP contribution in [0, 0.1) is 5.82 Å². The van der Waals surface area contributed by atoms with Crippen LogP contribution in [-0.2, 0) is 4.74 Å². The normalized spacial score (nSPS) is 19.0. The second kappa shape index (κ2) is 11.4. The van der Waals surface area contributed by atoms with Crippen molar-refractivity contribution in [2.24, 2.45) is 0 Å². The van der Waals surface area contributed by atoms with E-state index >= 15 is 0 Å². The number of carbonyl (C=O) groups is 1. The molecule has 2 aromatic rings. The van der Waals surface area contributed by atoms with E-state index in [2.05, 4.69) is 13.0 Å². The van der Waals surface area contributed by atoms with E-state index in [0.29, 0.717) is 23.1 Å².